The highest BCUT2D eigenvalue weighted by Gasteiger charge is 2.44. The average Bonchev–Trinajstić information content (AvgIpc) is 3.31. The van der Waals surface area contributed by atoms with Crippen LogP contribution in [-0.4, -0.2) is 42.7 Å². The monoisotopic (exact) mass is 333 g/mol. The first kappa shape index (κ1) is 15.0. The van der Waals surface area contributed by atoms with Crippen molar-refractivity contribution in [1.82, 2.24) is 10.2 Å². The quantitative estimate of drug-likeness (QED) is 0.872. The molecule has 1 spiro atoms. The summed E-state index contributed by atoms with van der Waals surface area (Å²) in [6.07, 6.45) is 2.08. The van der Waals surface area contributed by atoms with E-state index in [1.54, 1.807) is 0 Å². The molecule has 2 aromatic rings. The van der Waals surface area contributed by atoms with Gasteiger partial charge in [0.2, 0.25) is 0 Å². The van der Waals surface area contributed by atoms with Crippen molar-refractivity contribution < 1.29 is 4.74 Å². The van der Waals surface area contributed by atoms with Crippen LogP contribution in [0.15, 0.2) is 59.6 Å². The minimum Gasteiger partial charge on any atom is -0.455 e. The molecule has 4 heteroatoms. The predicted molar refractivity (Wildman–Crippen MR) is 98.7 cm³/mol. The number of aliphatic imine (C=N–C) groups is 1. The predicted octanol–water partition coefficient (Wildman–Crippen LogP) is 2.75. The molecule has 25 heavy (non-hydrogen) atoms. The lowest BCUT2D eigenvalue weighted by atomic mass is 9.88. The van der Waals surface area contributed by atoms with Crippen LogP contribution in [-0.2, 0) is 11.2 Å². The Balaban J connectivity index is 1.53. The summed E-state index contributed by atoms with van der Waals surface area (Å²) < 4.78 is 6.43. The number of nitrogens with one attached hydrogen (secondary N) is 1. The Morgan fingerprint density at radius 2 is 1.92 bits per heavy atom. The number of benzene rings is 2. The van der Waals surface area contributed by atoms with Gasteiger partial charge in [-0.05, 0) is 29.7 Å². The van der Waals surface area contributed by atoms with Crippen LogP contribution in [0, 0.1) is 0 Å². The number of hydrogen-bond donors (Lipinski definition) is 1. The van der Waals surface area contributed by atoms with Gasteiger partial charge in [-0.25, -0.2) is 4.99 Å². The van der Waals surface area contributed by atoms with E-state index in [9.17, 15) is 0 Å². The minimum absolute atomic E-state index is 0.118. The van der Waals surface area contributed by atoms with E-state index in [2.05, 4.69) is 64.8 Å². The fourth-order valence-electron chi connectivity index (χ4n) is 4.33. The molecule has 0 aromatic heterocycles. The van der Waals surface area contributed by atoms with Crippen molar-refractivity contribution in [3.05, 3.63) is 71.3 Å². The molecule has 2 atom stereocenters. The molecular formula is C21H23N3O. The van der Waals surface area contributed by atoms with E-state index in [0.717, 1.165) is 45.0 Å². The number of nitrogens with zero attached hydrogens (tertiary/aromatic N) is 2. The molecule has 3 aliphatic heterocycles. The zero-order valence-electron chi connectivity index (χ0n) is 14.3. The number of fused-ring (bicyclic) bond motifs is 1. The standard InChI is InChI=1S/C21H23N3O/c1-2-7-17(8-3-1)19-18-9-5-4-6-16(18)10-13-24(19)20-23-15-21(25-20)11-12-22-14-21/h1-9,19,22H,10-15H2/t19-,21+/m0/s1. The van der Waals surface area contributed by atoms with Gasteiger partial charge in [0.25, 0.3) is 6.02 Å². The first-order valence-corrected chi connectivity index (χ1v) is 9.18. The Morgan fingerprint density at radius 3 is 2.76 bits per heavy atom. The van der Waals surface area contributed by atoms with Crippen LogP contribution in [0.2, 0.25) is 0 Å². The lowest BCUT2D eigenvalue weighted by molar-refractivity contribution is 0.0813. The van der Waals surface area contributed by atoms with Gasteiger partial charge in [0.1, 0.15) is 5.60 Å². The molecule has 0 radical (unpaired) electrons. The molecule has 128 valence electrons. The van der Waals surface area contributed by atoms with Crippen LogP contribution in [0.25, 0.3) is 0 Å². The molecule has 0 saturated carbocycles. The summed E-state index contributed by atoms with van der Waals surface area (Å²) in [6.45, 7) is 3.64. The lowest BCUT2D eigenvalue weighted by Gasteiger charge is -2.39. The molecule has 3 heterocycles. The average molecular weight is 333 g/mol. The van der Waals surface area contributed by atoms with Crippen molar-refractivity contribution >= 4 is 6.02 Å². The molecule has 0 bridgehead atoms. The van der Waals surface area contributed by atoms with Gasteiger partial charge in [0.05, 0.1) is 12.6 Å². The first-order valence-electron chi connectivity index (χ1n) is 9.18. The maximum atomic E-state index is 6.43. The molecule has 1 N–H and O–H groups in total. The fraction of sp³-hybridized carbons (Fsp3) is 0.381. The summed E-state index contributed by atoms with van der Waals surface area (Å²) in [4.78, 5) is 7.19. The highest BCUT2D eigenvalue weighted by atomic mass is 16.5. The third-order valence-electron chi connectivity index (χ3n) is 5.66. The largest absolute Gasteiger partial charge is 0.455 e. The summed E-state index contributed by atoms with van der Waals surface area (Å²) in [5, 5.41) is 3.42. The molecule has 5 rings (SSSR count). The molecule has 2 aromatic carbocycles. The van der Waals surface area contributed by atoms with Crippen LogP contribution in [0.5, 0.6) is 0 Å². The summed E-state index contributed by atoms with van der Waals surface area (Å²) in [5.41, 5.74) is 3.99. The summed E-state index contributed by atoms with van der Waals surface area (Å²) >= 11 is 0. The van der Waals surface area contributed by atoms with Crippen molar-refractivity contribution in [3.63, 3.8) is 0 Å². The van der Waals surface area contributed by atoms with Crippen LogP contribution in [0.1, 0.15) is 29.2 Å². The molecule has 0 unspecified atom stereocenters. The second-order valence-electron chi connectivity index (χ2n) is 7.27. The van der Waals surface area contributed by atoms with Gasteiger partial charge < -0.3 is 15.0 Å². The molecule has 0 aliphatic carbocycles. The van der Waals surface area contributed by atoms with E-state index in [1.807, 2.05) is 0 Å². The van der Waals surface area contributed by atoms with E-state index in [4.69, 9.17) is 9.73 Å². The number of hydrogen-bond acceptors (Lipinski definition) is 4. The zero-order valence-corrected chi connectivity index (χ0v) is 14.3. The highest BCUT2D eigenvalue weighted by Crippen LogP contribution is 2.37. The van der Waals surface area contributed by atoms with Gasteiger partial charge in [-0.2, -0.15) is 0 Å². The normalized spacial score (nSPS) is 27.9. The van der Waals surface area contributed by atoms with Gasteiger partial charge in [-0.15, -0.1) is 0 Å². The van der Waals surface area contributed by atoms with Gasteiger partial charge in [-0.3, -0.25) is 0 Å². The van der Waals surface area contributed by atoms with E-state index in [0.29, 0.717) is 0 Å². The number of rotatable bonds is 1. The van der Waals surface area contributed by atoms with E-state index >= 15 is 0 Å². The van der Waals surface area contributed by atoms with Gasteiger partial charge in [0, 0.05) is 19.5 Å². The second kappa shape index (κ2) is 5.88. The summed E-state index contributed by atoms with van der Waals surface area (Å²) in [6, 6.07) is 20.5. The molecular weight excluding hydrogens is 310 g/mol. The lowest BCUT2D eigenvalue weighted by Crippen LogP contribution is -2.44. The van der Waals surface area contributed by atoms with Crippen molar-refractivity contribution in [2.75, 3.05) is 26.2 Å². The Kier molecular flexibility index (Phi) is 3.52. The Bertz CT molecular complexity index is 796. The summed E-state index contributed by atoms with van der Waals surface area (Å²) in [7, 11) is 0. The van der Waals surface area contributed by atoms with Crippen molar-refractivity contribution in [3.8, 4) is 0 Å². The molecule has 4 nitrogen and oxygen atoms in total. The van der Waals surface area contributed by atoms with E-state index < -0.39 is 0 Å². The third kappa shape index (κ3) is 2.52. The Labute approximate surface area is 148 Å². The summed E-state index contributed by atoms with van der Waals surface area (Å²) in [5.74, 6) is 0. The van der Waals surface area contributed by atoms with Crippen LogP contribution in [0.3, 0.4) is 0 Å². The number of amidine groups is 1. The van der Waals surface area contributed by atoms with Gasteiger partial charge in [-0.1, -0.05) is 54.6 Å². The zero-order chi connectivity index (χ0) is 16.7. The van der Waals surface area contributed by atoms with Crippen LogP contribution in [0.4, 0.5) is 0 Å². The van der Waals surface area contributed by atoms with E-state index in [1.165, 1.54) is 16.7 Å². The van der Waals surface area contributed by atoms with Crippen LogP contribution >= 0.6 is 0 Å². The van der Waals surface area contributed by atoms with Gasteiger partial charge >= 0.3 is 0 Å². The second-order valence-corrected chi connectivity index (χ2v) is 7.27. The highest BCUT2D eigenvalue weighted by molar-refractivity contribution is 5.78. The molecule has 1 saturated heterocycles. The minimum atomic E-state index is -0.118. The first-order chi connectivity index (χ1) is 12.3. The van der Waals surface area contributed by atoms with Crippen LogP contribution < -0.4 is 5.32 Å². The maximum Gasteiger partial charge on any atom is 0.288 e. The fourth-order valence-corrected chi connectivity index (χ4v) is 4.33. The Hall–Kier alpha value is -2.33. The van der Waals surface area contributed by atoms with Crippen molar-refractivity contribution in [1.29, 1.82) is 0 Å². The van der Waals surface area contributed by atoms with Crippen molar-refractivity contribution in [2.45, 2.75) is 24.5 Å². The van der Waals surface area contributed by atoms with Crippen molar-refractivity contribution in [2.24, 2.45) is 4.99 Å². The topological polar surface area (TPSA) is 36.9 Å². The SMILES string of the molecule is c1ccc([C@H]2c3ccccc3CCN2C2=NC[C@]3(CCNC3)O2)cc1. The molecule has 0 amide bonds. The Morgan fingerprint density at radius 1 is 1.08 bits per heavy atom. The maximum absolute atomic E-state index is 6.43. The third-order valence-corrected chi connectivity index (χ3v) is 5.66. The smallest absolute Gasteiger partial charge is 0.288 e. The molecule has 3 aliphatic rings. The van der Waals surface area contributed by atoms with Gasteiger partial charge in [0.15, 0.2) is 0 Å². The molecule has 1 fully saturated rings. The number of ether oxygens (including phenoxy) is 1. The van der Waals surface area contributed by atoms with E-state index in [-0.39, 0.29) is 11.6 Å².